The van der Waals surface area contributed by atoms with E-state index in [1.54, 1.807) is 0 Å². The fraction of sp³-hybridized carbons (Fsp3) is 0.600. The molecule has 0 bridgehead atoms. The molecule has 0 aliphatic carbocycles. The monoisotopic (exact) mass is 259 g/mol. The van der Waals surface area contributed by atoms with Crippen LogP contribution in [0.15, 0.2) is 0 Å². The Hall–Kier alpha value is -2.12. The third-order valence-electron chi connectivity index (χ3n) is 2.66. The van der Waals surface area contributed by atoms with Crippen molar-refractivity contribution in [3.8, 4) is 0 Å². The molecule has 0 aromatic carbocycles. The number of ether oxygens (including phenoxy) is 3. The molecule has 0 radical (unpaired) electrons. The largest absolute Gasteiger partial charge is 0.467 e. The molecular weight excluding hydrogens is 246 g/mol. The van der Waals surface area contributed by atoms with E-state index < -0.39 is 35.9 Å². The van der Waals surface area contributed by atoms with E-state index in [0.717, 1.165) is 26.2 Å². The van der Waals surface area contributed by atoms with Crippen molar-refractivity contribution in [3.63, 3.8) is 0 Å². The number of amides is 1. The van der Waals surface area contributed by atoms with Crippen molar-refractivity contribution in [2.75, 3.05) is 21.3 Å². The Morgan fingerprint density at radius 1 is 0.889 bits per heavy atom. The van der Waals surface area contributed by atoms with E-state index in [0.29, 0.717) is 0 Å². The quantitative estimate of drug-likeness (QED) is 0.337. The first-order valence-electron chi connectivity index (χ1n) is 5.04. The van der Waals surface area contributed by atoms with E-state index in [1.807, 2.05) is 0 Å². The van der Waals surface area contributed by atoms with E-state index >= 15 is 0 Å². The van der Waals surface area contributed by atoms with E-state index in [4.69, 9.17) is 0 Å². The van der Waals surface area contributed by atoms with Gasteiger partial charge in [0.1, 0.15) is 12.1 Å². The van der Waals surface area contributed by atoms with Gasteiger partial charge in [0.25, 0.3) is 0 Å². The van der Waals surface area contributed by atoms with Crippen LogP contribution in [0.1, 0.15) is 6.42 Å². The summed E-state index contributed by atoms with van der Waals surface area (Å²) in [7, 11) is 3.32. The van der Waals surface area contributed by atoms with Gasteiger partial charge in [-0.15, -0.1) is 0 Å². The van der Waals surface area contributed by atoms with E-state index in [2.05, 4.69) is 14.2 Å². The molecule has 1 heterocycles. The van der Waals surface area contributed by atoms with E-state index in [1.165, 1.54) is 0 Å². The Balaban J connectivity index is 2.89. The van der Waals surface area contributed by atoms with Crippen molar-refractivity contribution in [2.45, 2.75) is 18.5 Å². The molecule has 0 spiro atoms. The van der Waals surface area contributed by atoms with Crippen LogP contribution in [0.25, 0.3) is 0 Å². The highest BCUT2D eigenvalue weighted by atomic mass is 16.5. The number of methoxy groups -OCH3 is 3. The average Bonchev–Trinajstić information content (AvgIpc) is 2.35. The Bertz CT molecular complexity index is 370. The van der Waals surface area contributed by atoms with Gasteiger partial charge in [-0.05, 0) is 0 Å². The molecule has 1 aliphatic heterocycles. The Morgan fingerprint density at radius 2 is 1.33 bits per heavy atom. The predicted molar refractivity (Wildman–Crippen MR) is 55.1 cm³/mol. The zero-order valence-electron chi connectivity index (χ0n) is 10.2. The summed E-state index contributed by atoms with van der Waals surface area (Å²) in [6.45, 7) is 0. The molecule has 8 heteroatoms. The summed E-state index contributed by atoms with van der Waals surface area (Å²) in [5, 5.41) is 0. The number of carbonyl (C=O) groups excluding carboxylic acids is 4. The number of nitrogens with zero attached hydrogens (tertiary/aromatic N) is 1. The van der Waals surface area contributed by atoms with Crippen LogP contribution in [0, 0.1) is 0 Å². The predicted octanol–water partition coefficient (Wildman–Crippen LogP) is -1.53. The summed E-state index contributed by atoms with van der Waals surface area (Å²) in [5.74, 6) is -3.63. The SMILES string of the molecule is COC(=O)C(=O)N1C(C(=O)OC)CC1C(=O)OC. The highest BCUT2D eigenvalue weighted by Crippen LogP contribution is 2.28. The molecule has 8 nitrogen and oxygen atoms in total. The van der Waals surface area contributed by atoms with Gasteiger partial charge in [-0.2, -0.15) is 0 Å². The molecule has 0 saturated carbocycles. The minimum absolute atomic E-state index is 0.0576. The molecule has 1 amide bonds. The summed E-state index contributed by atoms with van der Waals surface area (Å²) < 4.78 is 13.2. The molecule has 2 atom stereocenters. The van der Waals surface area contributed by atoms with Crippen molar-refractivity contribution in [1.82, 2.24) is 4.90 Å². The normalized spacial score (nSPS) is 21.6. The van der Waals surface area contributed by atoms with Crippen LogP contribution in [-0.2, 0) is 33.4 Å². The highest BCUT2D eigenvalue weighted by Gasteiger charge is 2.52. The lowest BCUT2D eigenvalue weighted by Crippen LogP contribution is -2.66. The maximum absolute atomic E-state index is 11.7. The van der Waals surface area contributed by atoms with Crippen LogP contribution in [0.2, 0.25) is 0 Å². The van der Waals surface area contributed by atoms with Crippen LogP contribution in [0.4, 0.5) is 0 Å². The molecular formula is C10H13NO7. The molecule has 1 aliphatic rings. The summed E-state index contributed by atoms with van der Waals surface area (Å²) in [4.78, 5) is 46.3. The zero-order chi connectivity index (χ0) is 13.9. The fourth-order valence-electron chi connectivity index (χ4n) is 1.69. The minimum atomic E-state index is -1.16. The van der Waals surface area contributed by atoms with E-state index in [-0.39, 0.29) is 6.42 Å². The lowest BCUT2D eigenvalue weighted by Gasteiger charge is -2.43. The first-order chi connectivity index (χ1) is 8.47. The number of hydrogen-bond acceptors (Lipinski definition) is 7. The Kier molecular flexibility index (Phi) is 4.24. The molecule has 1 rings (SSSR count). The zero-order valence-corrected chi connectivity index (χ0v) is 10.2. The van der Waals surface area contributed by atoms with Gasteiger partial charge in [0, 0.05) is 6.42 Å². The van der Waals surface area contributed by atoms with Gasteiger partial charge in [0.15, 0.2) is 0 Å². The Morgan fingerprint density at radius 3 is 1.67 bits per heavy atom. The second kappa shape index (κ2) is 5.48. The molecule has 0 aromatic rings. The topological polar surface area (TPSA) is 99.2 Å². The van der Waals surface area contributed by atoms with Crippen molar-refractivity contribution in [2.24, 2.45) is 0 Å². The number of rotatable bonds is 2. The lowest BCUT2D eigenvalue weighted by molar-refractivity contribution is -0.180. The molecule has 2 unspecified atom stereocenters. The van der Waals surface area contributed by atoms with Gasteiger partial charge >= 0.3 is 23.8 Å². The number of esters is 3. The fourth-order valence-corrected chi connectivity index (χ4v) is 1.69. The molecule has 1 saturated heterocycles. The molecule has 0 N–H and O–H groups in total. The summed E-state index contributed by atoms with van der Waals surface area (Å²) in [5.41, 5.74) is 0. The van der Waals surface area contributed by atoms with Crippen molar-refractivity contribution in [1.29, 1.82) is 0 Å². The third kappa shape index (κ3) is 2.27. The summed E-state index contributed by atoms with van der Waals surface area (Å²) in [6.07, 6.45) is 0.0576. The van der Waals surface area contributed by atoms with Crippen molar-refractivity contribution < 1.29 is 33.4 Å². The van der Waals surface area contributed by atoms with E-state index in [9.17, 15) is 19.2 Å². The third-order valence-corrected chi connectivity index (χ3v) is 2.66. The van der Waals surface area contributed by atoms with Crippen LogP contribution in [0.5, 0.6) is 0 Å². The van der Waals surface area contributed by atoms with Gasteiger partial charge in [-0.3, -0.25) is 4.79 Å². The van der Waals surface area contributed by atoms with Gasteiger partial charge in [0.2, 0.25) is 0 Å². The maximum Gasteiger partial charge on any atom is 0.396 e. The second-order valence-corrected chi connectivity index (χ2v) is 3.52. The van der Waals surface area contributed by atoms with Crippen molar-refractivity contribution >= 4 is 23.8 Å². The molecule has 0 aromatic heterocycles. The van der Waals surface area contributed by atoms with Crippen molar-refractivity contribution in [3.05, 3.63) is 0 Å². The molecule has 100 valence electrons. The second-order valence-electron chi connectivity index (χ2n) is 3.52. The smallest absolute Gasteiger partial charge is 0.396 e. The minimum Gasteiger partial charge on any atom is -0.467 e. The number of carbonyl (C=O) groups is 4. The number of likely N-dealkylation sites (tertiary alicyclic amines) is 1. The first-order valence-corrected chi connectivity index (χ1v) is 5.04. The standard InChI is InChI=1S/C10H13NO7/c1-16-8(13)5-4-6(9(14)17-2)11(5)7(12)10(15)18-3/h5-6H,4H2,1-3H3. The van der Waals surface area contributed by atoms with Crippen LogP contribution < -0.4 is 0 Å². The molecule has 1 fully saturated rings. The van der Waals surface area contributed by atoms with Crippen LogP contribution >= 0.6 is 0 Å². The summed E-state index contributed by atoms with van der Waals surface area (Å²) in [6, 6.07) is -1.93. The maximum atomic E-state index is 11.7. The molecule has 18 heavy (non-hydrogen) atoms. The van der Waals surface area contributed by atoms with Gasteiger partial charge in [0.05, 0.1) is 21.3 Å². The lowest BCUT2D eigenvalue weighted by atomic mass is 9.92. The van der Waals surface area contributed by atoms with Gasteiger partial charge in [-0.1, -0.05) is 0 Å². The Labute approximate surface area is 103 Å². The van der Waals surface area contributed by atoms with Gasteiger partial charge in [-0.25, -0.2) is 14.4 Å². The van der Waals surface area contributed by atoms with Crippen LogP contribution in [0.3, 0.4) is 0 Å². The first kappa shape index (κ1) is 13.9. The average molecular weight is 259 g/mol. The van der Waals surface area contributed by atoms with Gasteiger partial charge < -0.3 is 19.1 Å². The van der Waals surface area contributed by atoms with Crippen LogP contribution in [-0.4, -0.2) is 62.1 Å². The number of hydrogen-bond donors (Lipinski definition) is 0. The highest BCUT2D eigenvalue weighted by molar-refractivity contribution is 6.33. The summed E-state index contributed by atoms with van der Waals surface area (Å²) >= 11 is 0.